The fourth-order valence-corrected chi connectivity index (χ4v) is 5.40. The molecule has 2 bridgehead atoms. The maximum absolute atomic E-state index is 13.1. The second-order valence-corrected chi connectivity index (χ2v) is 8.98. The van der Waals surface area contributed by atoms with Crippen molar-refractivity contribution in [2.45, 2.75) is 69.7 Å². The summed E-state index contributed by atoms with van der Waals surface area (Å²) in [7, 11) is 2.21. The van der Waals surface area contributed by atoms with Crippen LogP contribution < -0.4 is 10.2 Å². The van der Waals surface area contributed by atoms with E-state index in [2.05, 4.69) is 36.0 Å². The number of benzene rings is 1. The zero-order valence-corrected chi connectivity index (χ0v) is 17.4. The van der Waals surface area contributed by atoms with Gasteiger partial charge in [0.15, 0.2) is 5.58 Å². The summed E-state index contributed by atoms with van der Waals surface area (Å²) >= 11 is 0. The molecule has 3 aliphatic rings. The Labute approximate surface area is 171 Å². The summed E-state index contributed by atoms with van der Waals surface area (Å²) < 4.78 is 11.7. The van der Waals surface area contributed by atoms with Crippen LogP contribution in [0.25, 0.3) is 11.1 Å². The van der Waals surface area contributed by atoms with Gasteiger partial charge in [0.25, 0.3) is 11.9 Å². The number of carbonyl (C=O) groups excluding carboxylic acids is 1. The molecular formula is C22H30N4O3. The third kappa shape index (κ3) is 3.30. The van der Waals surface area contributed by atoms with Crippen LogP contribution in [0.15, 0.2) is 22.6 Å². The molecule has 3 fully saturated rings. The van der Waals surface area contributed by atoms with E-state index in [0.717, 1.165) is 12.8 Å². The Kier molecular flexibility index (Phi) is 4.75. The van der Waals surface area contributed by atoms with Crippen molar-refractivity contribution >= 4 is 23.0 Å². The first-order valence-electron chi connectivity index (χ1n) is 10.8. The van der Waals surface area contributed by atoms with Crippen molar-refractivity contribution in [1.82, 2.24) is 15.2 Å². The lowest BCUT2D eigenvalue weighted by Gasteiger charge is -2.37. The van der Waals surface area contributed by atoms with Gasteiger partial charge in [-0.05, 0) is 58.7 Å². The van der Waals surface area contributed by atoms with E-state index in [4.69, 9.17) is 14.1 Å². The summed E-state index contributed by atoms with van der Waals surface area (Å²) in [6.07, 6.45) is 4.54. The van der Waals surface area contributed by atoms with Gasteiger partial charge < -0.3 is 24.3 Å². The van der Waals surface area contributed by atoms with Gasteiger partial charge in [0.2, 0.25) is 0 Å². The van der Waals surface area contributed by atoms with Gasteiger partial charge in [0, 0.05) is 18.1 Å². The number of morpholine rings is 1. The minimum atomic E-state index is -0.0486. The van der Waals surface area contributed by atoms with Crippen molar-refractivity contribution in [2.75, 3.05) is 25.2 Å². The molecule has 4 heterocycles. The zero-order chi connectivity index (χ0) is 20.1. The van der Waals surface area contributed by atoms with E-state index in [9.17, 15) is 4.79 Å². The van der Waals surface area contributed by atoms with Gasteiger partial charge in [-0.25, -0.2) is 0 Å². The number of aromatic nitrogens is 1. The number of rotatable bonds is 3. The highest BCUT2D eigenvalue weighted by Gasteiger charge is 2.39. The van der Waals surface area contributed by atoms with Gasteiger partial charge in [0.05, 0.1) is 30.9 Å². The molecule has 1 aromatic heterocycles. The number of fused-ring (bicyclic) bond motifs is 3. The molecule has 1 amide bonds. The molecule has 3 saturated heterocycles. The molecule has 29 heavy (non-hydrogen) atoms. The Morgan fingerprint density at radius 2 is 1.83 bits per heavy atom. The lowest BCUT2D eigenvalue weighted by atomic mass is 9.97. The first kappa shape index (κ1) is 18.9. The molecular weight excluding hydrogens is 368 g/mol. The maximum atomic E-state index is 13.1. The highest BCUT2D eigenvalue weighted by atomic mass is 16.5. The van der Waals surface area contributed by atoms with E-state index in [0.29, 0.717) is 48.0 Å². The minimum Gasteiger partial charge on any atom is -0.423 e. The van der Waals surface area contributed by atoms with Crippen LogP contribution in [0.3, 0.4) is 0 Å². The highest BCUT2D eigenvalue weighted by molar-refractivity contribution is 6.04. The summed E-state index contributed by atoms with van der Waals surface area (Å²) in [4.78, 5) is 22.5. The molecule has 2 unspecified atom stereocenters. The molecule has 2 aromatic rings. The van der Waals surface area contributed by atoms with E-state index in [1.165, 1.54) is 12.8 Å². The molecule has 1 aromatic carbocycles. The van der Waals surface area contributed by atoms with Crippen molar-refractivity contribution in [2.24, 2.45) is 0 Å². The average Bonchev–Trinajstić information content (AvgIpc) is 3.18. The Bertz CT molecular complexity index is 889. The number of ether oxygens (including phenoxy) is 1. The largest absolute Gasteiger partial charge is 0.423 e. The van der Waals surface area contributed by atoms with E-state index in [1.54, 1.807) is 0 Å². The summed E-state index contributed by atoms with van der Waals surface area (Å²) in [5.74, 6) is -0.0486. The quantitative estimate of drug-likeness (QED) is 0.857. The van der Waals surface area contributed by atoms with Crippen molar-refractivity contribution in [3.63, 3.8) is 0 Å². The first-order chi connectivity index (χ1) is 14.0. The molecule has 0 radical (unpaired) electrons. The summed E-state index contributed by atoms with van der Waals surface area (Å²) in [5.41, 5.74) is 1.89. The molecule has 156 valence electrons. The third-order valence-corrected chi connectivity index (χ3v) is 6.97. The lowest BCUT2D eigenvalue weighted by molar-refractivity contribution is 0.0727. The molecule has 7 nitrogen and oxygen atoms in total. The molecule has 5 rings (SSSR count). The van der Waals surface area contributed by atoms with E-state index < -0.39 is 0 Å². The van der Waals surface area contributed by atoms with Crippen LogP contribution in [0.4, 0.5) is 6.01 Å². The second kappa shape index (κ2) is 7.29. The molecule has 1 N–H and O–H groups in total. The fourth-order valence-electron chi connectivity index (χ4n) is 5.40. The van der Waals surface area contributed by atoms with Crippen LogP contribution in [0.2, 0.25) is 0 Å². The fraction of sp³-hybridized carbons (Fsp3) is 0.636. The van der Waals surface area contributed by atoms with Crippen molar-refractivity contribution in [3.05, 3.63) is 23.8 Å². The Morgan fingerprint density at radius 3 is 2.52 bits per heavy atom. The predicted octanol–water partition coefficient (Wildman–Crippen LogP) is 2.80. The molecule has 7 heteroatoms. The molecule has 0 spiro atoms. The van der Waals surface area contributed by atoms with Crippen LogP contribution in [-0.4, -0.2) is 66.3 Å². The molecule has 3 aliphatic heterocycles. The number of anilines is 1. The van der Waals surface area contributed by atoms with E-state index in [-0.39, 0.29) is 24.0 Å². The zero-order valence-electron chi connectivity index (χ0n) is 17.4. The second-order valence-electron chi connectivity index (χ2n) is 8.98. The third-order valence-electron chi connectivity index (χ3n) is 6.97. The lowest BCUT2D eigenvalue weighted by Crippen LogP contribution is -2.50. The highest BCUT2D eigenvalue weighted by Crippen LogP contribution is 2.34. The number of hydrogen-bond donors (Lipinski definition) is 1. The normalized spacial score (nSPS) is 32.7. The number of nitrogens with one attached hydrogen (secondary N) is 1. The van der Waals surface area contributed by atoms with Gasteiger partial charge >= 0.3 is 0 Å². The molecule has 4 atom stereocenters. The van der Waals surface area contributed by atoms with Crippen LogP contribution >= 0.6 is 0 Å². The summed E-state index contributed by atoms with van der Waals surface area (Å²) in [6.45, 7) is 5.50. The predicted molar refractivity (Wildman–Crippen MR) is 111 cm³/mol. The summed E-state index contributed by atoms with van der Waals surface area (Å²) in [6, 6.07) is 7.95. The topological polar surface area (TPSA) is 70.8 Å². The average molecular weight is 399 g/mol. The van der Waals surface area contributed by atoms with Gasteiger partial charge in [-0.3, -0.25) is 4.79 Å². The summed E-state index contributed by atoms with van der Waals surface area (Å²) in [5, 5.41) is 3.27. The number of piperidine rings is 1. The minimum absolute atomic E-state index is 0.0486. The Hall–Kier alpha value is -2.12. The van der Waals surface area contributed by atoms with E-state index >= 15 is 0 Å². The van der Waals surface area contributed by atoms with Crippen LogP contribution in [-0.2, 0) is 4.74 Å². The standard InChI is InChI=1S/C22H30N4O3/c1-13-11-28-12-14(2)26(13)22-24-20-18(5-4-6-19(20)29-22)21(27)23-15-9-16-7-8-17(10-15)25(16)3/h4-6,13-17H,7-12H2,1-3H3,(H,23,27)/t13-,14-,15?,16?,17?/m0/s1. The Balaban J connectivity index is 1.39. The monoisotopic (exact) mass is 398 g/mol. The number of oxazole rings is 1. The number of nitrogens with zero attached hydrogens (tertiary/aromatic N) is 3. The van der Waals surface area contributed by atoms with E-state index in [1.807, 2.05) is 18.2 Å². The molecule has 0 aliphatic carbocycles. The number of carbonyl (C=O) groups is 1. The van der Waals surface area contributed by atoms with Crippen molar-refractivity contribution < 1.29 is 13.9 Å². The van der Waals surface area contributed by atoms with Crippen molar-refractivity contribution in [1.29, 1.82) is 0 Å². The number of hydrogen-bond acceptors (Lipinski definition) is 6. The van der Waals surface area contributed by atoms with Crippen LogP contribution in [0.1, 0.15) is 49.9 Å². The molecule has 0 saturated carbocycles. The number of para-hydroxylation sites is 1. The van der Waals surface area contributed by atoms with Crippen LogP contribution in [0.5, 0.6) is 0 Å². The van der Waals surface area contributed by atoms with Gasteiger partial charge in [-0.1, -0.05) is 6.07 Å². The van der Waals surface area contributed by atoms with Gasteiger partial charge in [-0.2, -0.15) is 4.98 Å². The SMILES string of the molecule is C[C@H]1COC[C@H](C)N1c1nc2c(C(=O)NC3CC4CCC(C3)N4C)cccc2o1. The first-order valence-corrected chi connectivity index (χ1v) is 10.8. The number of amides is 1. The van der Waals surface area contributed by atoms with Gasteiger partial charge in [0.1, 0.15) is 5.52 Å². The van der Waals surface area contributed by atoms with Gasteiger partial charge in [-0.15, -0.1) is 0 Å². The van der Waals surface area contributed by atoms with Crippen molar-refractivity contribution in [3.8, 4) is 0 Å². The Morgan fingerprint density at radius 1 is 1.14 bits per heavy atom. The maximum Gasteiger partial charge on any atom is 0.299 e. The van der Waals surface area contributed by atoms with Crippen LogP contribution in [0, 0.1) is 0 Å². The smallest absolute Gasteiger partial charge is 0.299 e.